The van der Waals surface area contributed by atoms with Crippen molar-refractivity contribution in [2.45, 2.75) is 0 Å². The molecule has 0 saturated carbocycles. The first-order chi connectivity index (χ1) is 4.97. The normalized spacial score (nSPS) is 9.09. The molecule has 0 aliphatic carbocycles. The Labute approximate surface area is 89.5 Å². The summed E-state index contributed by atoms with van der Waals surface area (Å²) in [5.74, 6) is 0. The molecule has 0 unspecified atom stereocenters. The van der Waals surface area contributed by atoms with E-state index < -0.39 is 0 Å². The molecule has 0 bridgehead atoms. The summed E-state index contributed by atoms with van der Waals surface area (Å²) in [6.45, 7) is 0. The molecule has 0 aliphatic rings. The van der Waals surface area contributed by atoms with E-state index in [1.807, 2.05) is 0 Å². The van der Waals surface area contributed by atoms with E-state index in [2.05, 4.69) is 12.5 Å². The van der Waals surface area contributed by atoms with Crippen LogP contribution in [0.5, 0.6) is 0 Å². The Hall–Kier alpha value is -0.336. The second-order valence-corrected chi connectivity index (χ2v) is 1.87. The first-order valence-corrected chi connectivity index (χ1v) is 2.87. The Morgan fingerprint density at radius 2 is 1.36 bits per heavy atom. The zero-order valence-corrected chi connectivity index (χ0v) is 8.54. The van der Waals surface area contributed by atoms with Crippen LogP contribution in [-0.2, 0) is 32.7 Å². The molecule has 2 rings (SSSR count). The predicted octanol–water partition coefficient (Wildman–Crippen LogP) is 2.14. The van der Waals surface area contributed by atoms with E-state index in [-0.39, 0.29) is 32.7 Å². The van der Waals surface area contributed by atoms with Crippen LogP contribution in [0.3, 0.4) is 0 Å². The zero-order valence-electron chi connectivity index (χ0n) is 5.70. The molecule has 53 valence electrons. The van der Waals surface area contributed by atoms with Crippen molar-refractivity contribution < 1.29 is 41.5 Å². The molecule has 0 N–H and O–H groups in total. The van der Waals surface area contributed by atoms with Gasteiger partial charge >= 0.3 is 0 Å². The van der Waals surface area contributed by atoms with Crippen LogP contribution < -0.4 is 0 Å². The first kappa shape index (κ1) is 8.76. The van der Waals surface area contributed by atoms with Crippen LogP contribution in [0.15, 0.2) is 33.5 Å². The average molecular weight is 221 g/mol. The van der Waals surface area contributed by atoms with E-state index in [0.717, 1.165) is 11.1 Å². The minimum Gasteiger partial charge on any atom is -0.576 e. The molecule has 0 saturated heterocycles. The van der Waals surface area contributed by atoms with Crippen LogP contribution >= 0.6 is 0 Å². The summed E-state index contributed by atoms with van der Waals surface area (Å²) < 4.78 is 9.50. The minimum atomic E-state index is 0. The van der Waals surface area contributed by atoms with E-state index in [9.17, 15) is 0 Å². The molecule has 0 fully saturated rings. The van der Waals surface area contributed by atoms with Crippen molar-refractivity contribution in [2.24, 2.45) is 0 Å². The Kier molecular flexibility index (Phi) is 3.09. The van der Waals surface area contributed by atoms with Crippen LogP contribution in [0.2, 0.25) is 0 Å². The Bertz CT molecular complexity index is 252. The third-order valence-corrected chi connectivity index (χ3v) is 1.23. The van der Waals surface area contributed by atoms with Crippen LogP contribution in [0.1, 0.15) is 0 Å². The van der Waals surface area contributed by atoms with Crippen molar-refractivity contribution in [3.05, 3.63) is 37.2 Å². The first-order valence-electron chi connectivity index (χ1n) is 2.87. The fourth-order valence-corrected chi connectivity index (χ4v) is 0.757. The van der Waals surface area contributed by atoms with E-state index in [1.165, 1.54) is 0 Å². The molecule has 0 amide bonds. The monoisotopic (exact) mass is 221 g/mol. The molecule has 2 heterocycles. The van der Waals surface area contributed by atoms with Gasteiger partial charge in [0.2, 0.25) is 0 Å². The third kappa shape index (κ3) is 1.82. The molecule has 0 spiro atoms. The molecule has 0 aromatic carbocycles. The van der Waals surface area contributed by atoms with Gasteiger partial charge in [0.25, 0.3) is 0 Å². The summed E-state index contributed by atoms with van der Waals surface area (Å²) in [6, 6.07) is 3.61. The van der Waals surface area contributed by atoms with Crippen LogP contribution in [0.4, 0.5) is 0 Å². The molecular weight excluding hydrogens is 217 g/mol. The Morgan fingerprint density at radius 3 is 1.64 bits per heavy atom. The SMILES string of the molecule is [Y].[c-]1occc1-c1[c-]occ1. The quantitative estimate of drug-likeness (QED) is 0.689. The summed E-state index contributed by atoms with van der Waals surface area (Å²) >= 11 is 0. The van der Waals surface area contributed by atoms with Crippen molar-refractivity contribution in [2.75, 3.05) is 0 Å². The average Bonchev–Trinajstić information content (AvgIpc) is 2.59. The smallest absolute Gasteiger partial charge is 0 e. The molecule has 3 heteroatoms. The number of hydrogen-bond donors (Lipinski definition) is 0. The van der Waals surface area contributed by atoms with Crippen molar-refractivity contribution in [3.63, 3.8) is 0 Å². The second-order valence-electron chi connectivity index (χ2n) is 1.87. The Morgan fingerprint density at radius 1 is 0.909 bits per heavy atom. The summed E-state index contributed by atoms with van der Waals surface area (Å²) in [7, 11) is 0. The van der Waals surface area contributed by atoms with E-state index in [1.54, 1.807) is 24.7 Å². The largest absolute Gasteiger partial charge is 0.576 e. The molecular formula is C8H4O2Y-2. The molecule has 2 aromatic heterocycles. The van der Waals surface area contributed by atoms with Crippen molar-refractivity contribution >= 4 is 0 Å². The number of furan rings is 2. The van der Waals surface area contributed by atoms with E-state index in [4.69, 9.17) is 8.83 Å². The van der Waals surface area contributed by atoms with Gasteiger partial charge in [-0.25, -0.2) is 0 Å². The topological polar surface area (TPSA) is 26.3 Å². The van der Waals surface area contributed by atoms with Gasteiger partial charge in [-0.05, 0) is 25.1 Å². The van der Waals surface area contributed by atoms with Crippen LogP contribution in [-0.4, -0.2) is 0 Å². The fourth-order valence-electron chi connectivity index (χ4n) is 0.757. The summed E-state index contributed by atoms with van der Waals surface area (Å²) in [5, 5.41) is 0. The molecule has 11 heavy (non-hydrogen) atoms. The molecule has 0 aliphatic heterocycles. The Balaban J connectivity index is 0.000000605. The maximum atomic E-state index is 4.75. The van der Waals surface area contributed by atoms with Crippen molar-refractivity contribution in [3.8, 4) is 11.1 Å². The van der Waals surface area contributed by atoms with Gasteiger partial charge in [0.15, 0.2) is 0 Å². The van der Waals surface area contributed by atoms with Gasteiger partial charge < -0.3 is 8.83 Å². The standard InChI is InChI=1S/C8H4O2.Y/c1-3-9-5-7(1)8-2-4-10-6-8;/h1-4H;/q-2;. The minimum absolute atomic E-state index is 0. The van der Waals surface area contributed by atoms with Gasteiger partial charge in [-0.2, -0.15) is 23.3 Å². The molecule has 2 aromatic rings. The fraction of sp³-hybridized carbons (Fsp3) is 0. The number of rotatable bonds is 1. The predicted molar refractivity (Wildman–Crippen MR) is 34.1 cm³/mol. The van der Waals surface area contributed by atoms with Gasteiger partial charge in [0.05, 0.1) is 0 Å². The van der Waals surface area contributed by atoms with Crippen molar-refractivity contribution in [1.82, 2.24) is 0 Å². The zero-order chi connectivity index (χ0) is 6.81. The van der Waals surface area contributed by atoms with Crippen LogP contribution in [0, 0.1) is 12.5 Å². The maximum absolute atomic E-state index is 4.75. The van der Waals surface area contributed by atoms with Crippen LogP contribution in [0.25, 0.3) is 11.1 Å². The maximum Gasteiger partial charge on any atom is 0 e. The van der Waals surface area contributed by atoms with Gasteiger partial charge in [0.1, 0.15) is 0 Å². The number of hydrogen-bond acceptors (Lipinski definition) is 2. The second kappa shape index (κ2) is 3.89. The van der Waals surface area contributed by atoms with E-state index in [0.29, 0.717) is 0 Å². The van der Waals surface area contributed by atoms with E-state index >= 15 is 0 Å². The van der Waals surface area contributed by atoms with Crippen molar-refractivity contribution in [1.29, 1.82) is 0 Å². The molecule has 2 nitrogen and oxygen atoms in total. The third-order valence-electron chi connectivity index (χ3n) is 1.23. The summed E-state index contributed by atoms with van der Waals surface area (Å²) in [5.41, 5.74) is 1.74. The van der Waals surface area contributed by atoms with Gasteiger partial charge in [-0.1, -0.05) is 0 Å². The van der Waals surface area contributed by atoms with Gasteiger partial charge in [0, 0.05) is 32.7 Å². The summed E-state index contributed by atoms with van der Waals surface area (Å²) in [4.78, 5) is 0. The summed E-state index contributed by atoms with van der Waals surface area (Å²) in [6.07, 6.45) is 8.48. The molecule has 0 atom stereocenters. The van der Waals surface area contributed by atoms with Gasteiger partial charge in [-0.3, -0.25) is 0 Å². The van der Waals surface area contributed by atoms with Gasteiger partial charge in [-0.15, -0.1) is 0 Å². The molecule has 1 radical (unpaired) electrons.